The zero-order chi connectivity index (χ0) is 12.9. The first-order chi connectivity index (χ1) is 8.16. The summed E-state index contributed by atoms with van der Waals surface area (Å²) in [6.07, 6.45) is 10.4. The number of carbonyl (C=O) groups is 2. The maximum atomic E-state index is 11.0. The van der Waals surface area contributed by atoms with E-state index in [-0.39, 0.29) is 5.91 Å². The van der Waals surface area contributed by atoms with E-state index in [2.05, 4.69) is 11.9 Å². The van der Waals surface area contributed by atoms with Gasteiger partial charge in [-0.25, -0.2) is 4.79 Å². The second-order valence-corrected chi connectivity index (χ2v) is 3.81. The summed E-state index contributed by atoms with van der Waals surface area (Å²) in [7, 11) is 0. The van der Waals surface area contributed by atoms with E-state index < -0.39 is 5.97 Å². The Morgan fingerprint density at radius 1 is 1.06 bits per heavy atom. The minimum Gasteiger partial charge on any atom is -0.478 e. The molecule has 4 heteroatoms. The number of rotatable bonds is 10. The molecule has 0 saturated carbocycles. The maximum Gasteiger partial charge on any atom is 0.328 e. The van der Waals surface area contributed by atoms with Crippen LogP contribution >= 0.6 is 0 Å². The molecular formula is C13H21NO3. The number of unbranched alkanes of at least 4 members (excludes halogenated alkanes) is 5. The van der Waals surface area contributed by atoms with Crippen molar-refractivity contribution in [1.29, 1.82) is 0 Å². The lowest BCUT2D eigenvalue weighted by Crippen LogP contribution is -2.22. The summed E-state index contributed by atoms with van der Waals surface area (Å²) in [5.41, 5.74) is 0. The lowest BCUT2D eigenvalue weighted by atomic mass is 10.1. The first-order valence-electron chi connectivity index (χ1n) is 5.96. The predicted octanol–water partition coefficient (Wildman–Crippen LogP) is 2.27. The van der Waals surface area contributed by atoms with Crippen LogP contribution in [0.25, 0.3) is 0 Å². The number of aliphatic carboxylic acids is 1. The number of hydrogen-bond donors (Lipinski definition) is 2. The molecule has 17 heavy (non-hydrogen) atoms. The summed E-state index contributed by atoms with van der Waals surface area (Å²) < 4.78 is 0. The highest BCUT2D eigenvalue weighted by Crippen LogP contribution is 2.04. The van der Waals surface area contributed by atoms with Gasteiger partial charge in [0.15, 0.2) is 0 Å². The highest BCUT2D eigenvalue weighted by molar-refractivity contribution is 5.93. The Morgan fingerprint density at radius 3 is 2.35 bits per heavy atom. The molecule has 0 bridgehead atoms. The van der Waals surface area contributed by atoms with Gasteiger partial charge in [-0.15, -0.1) is 6.58 Å². The molecule has 0 heterocycles. The molecule has 0 atom stereocenters. The zero-order valence-electron chi connectivity index (χ0n) is 10.2. The van der Waals surface area contributed by atoms with Gasteiger partial charge in [0.1, 0.15) is 0 Å². The minimum absolute atomic E-state index is 0.348. The molecule has 0 saturated heterocycles. The Labute approximate surface area is 102 Å². The second kappa shape index (κ2) is 10.9. The van der Waals surface area contributed by atoms with Gasteiger partial charge in [0.2, 0.25) is 5.91 Å². The first-order valence-corrected chi connectivity index (χ1v) is 5.96. The van der Waals surface area contributed by atoms with E-state index in [0.29, 0.717) is 6.54 Å². The Bertz CT molecular complexity index is 272. The topological polar surface area (TPSA) is 66.4 Å². The summed E-state index contributed by atoms with van der Waals surface area (Å²) in [6, 6.07) is 0. The largest absolute Gasteiger partial charge is 0.478 e. The van der Waals surface area contributed by atoms with Gasteiger partial charge >= 0.3 is 5.97 Å². The van der Waals surface area contributed by atoms with Crippen molar-refractivity contribution in [2.75, 3.05) is 6.54 Å². The average molecular weight is 239 g/mol. The van der Waals surface area contributed by atoms with E-state index in [1.807, 2.05) is 6.08 Å². The quantitative estimate of drug-likeness (QED) is 0.349. The van der Waals surface area contributed by atoms with Gasteiger partial charge in [0.25, 0.3) is 0 Å². The third kappa shape index (κ3) is 12.4. The number of nitrogens with one attached hydrogen (secondary N) is 1. The Kier molecular flexibility index (Phi) is 9.91. The van der Waals surface area contributed by atoms with Crippen LogP contribution in [0.1, 0.15) is 38.5 Å². The van der Waals surface area contributed by atoms with Gasteiger partial charge in [-0.3, -0.25) is 4.79 Å². The van der Waals surface area contributed by atoms with Crippen LogP contribution in [0.3, 0.4) is 0 Å². The lowest BCUT2D eigenvalue weighted by Gasteiger charge is -2.02. The maximum absolute atomic E-state index is 11.0. The highest BCUT2D eigenvalue weighted by Gasteiger charge is 1.96. The summed E-state index contributed by atoms with van der Waals surface area (Å²) >= 11 is 0. The molecular weight excluding hydrogens is 218 g/mol. The van der Waals surface area contributed by atoms with Gasteiger partial charge in [-0.2, -0.15) is 0 Å². The molecule has 2 N–H and O–H groups in total. The molecule has 0 rings (SSSR count). The van der Waals surface area contributed by atoms with Crippen molar-refractivity contribution in [3.63, 3.8) is 0 Å². The predicted molar refractivity (Wildman–Crippen MR) is 67.7 cm³/mol. The molecule has 0 aromatic carbocycles. The Hall–Kier alpha value is -1.58. The smallest absolute Gasteiger partial charge is 0.328 e. The summed E-state index contributed by atoms with van der Waals surface area (Å²) in [5, 5.41) is 10.9. The monoisotopic (exact) mass is 239 g/mol. The Balaban J connectivity index is 3.30. The van der Waals surface area contributed by atoms with Crippen LogP contribution in [-0.2, 0) is 9.59 Å². The molecule has 0 aromatic heterocycles. The summed E-state index contributed by atoms with van der Waals surface area (Å²) in [4.78, 5) is 21.2. The molecule has 0 aliphatic carbocycles. The van der Waals surface area contributed by atoms with Crippen LogP contribution in [0.2, 0.25) is 0 Å². The van der Waals surface area contributed by atoms with E-state index in [1.54, 1.807) is 0 Å². The molecule has 0 fully saturated rings. The number of allylic oxidation sites excluding steroid dienone is 1. The number of carboxylic acids is 1. The van der Waals surface area contributed by atoms with Gasteiger partial charge < -0.3 is 10.4 Å². The van der Waals surface area contributed by atoms with Crippen LogP contribution in [0.4, 0.5) is 0 Å². The van der Waals surface area contributed by atoms with E-state index in [1.165, 1.54) is 12.8 Å². The third-order valence-corrected chi connectivity index (χ3v) is 2.26. The van der Waals surface area contributed by atoms with Crippen LogP contribution in [-0.4, -0.2) is 23.5 Å². The molecule has 0 spiro atoms. The third-order valence-electron chi connectivity index (χ3n) is 2.26. The molecule has 0 aliphatic rings. The molecule has 0 radical (unpaired) electrons. The van der Waals surface area contributed by atoms with Crippen molar-refractivity contribution in [3.8, 4) is 0 Å². The molecule has 0 aromatic rings. The standard InChI is InChI=1S/C13H21NO3/c1-2-3-4-5-6-7-8-11-14-12(15)9-10-13(16)17/h2,9-10H,1,3-8,11H2,(H,14,15)(H,16,17)/b10-9+. The first kappa shape index (κ1) is 15.4. The summed E-state index contributed by atoms with van der Waals surface area (Å²) in [5.74, 6) is -1.46. The molecule has 96 valence electrons. The zero-order valence-corrected chi connectivity index (χ0v) is 10.2. The fourth-order valence-corrected chi connectivity index (χ4v) is 1.36. The van der Waals surface area contributed by atoms with Crippen molar-refractivity contribution in [2.45, 2.75) is 38.5 Å². The SMILES string of the molecule is C=CCCCCCCCNC(=O)/C=C/C(=O)O. The molecule has 4 nitrogen and oxygen atoms in total. The lowest BCUT2D eigenvalue weighted by molar-refractivity contribution is -0.131. The molecule has 0 aliphatic heterocycles. The highest BCUT2D eigenvalue weighted by atomic mass is 16.4. The number of amides is 1. The van der Waals surface area contributed by atoms with Crippen molar-refractivity contribution in [3.05, 3.63) is 24.8 Å². The fraction of sp³-hybridized carbons (Fsp3) is 0.538. The van der Waals surface area contributed by atoms with Crippen LogP contribution in [0.5, 0.6) is 0 Å². The van der Waals surface area contributed by atoms with Crippen molar-refractivity contribution in [2.24, 2.45) is 0 Å². The molecule has 1 amide bonds. The van der Waals surface area contributed by atoms with E-state index >= 15 is 0 Å². The number of carboxylic acid groups (broad SMARTS) is 1. The van der Waals surface area contributed by atoms with E-state index in [9.17, 15) is 9.59 Å². The van der Waals surface area contributed by atoms with Gasteiger partial charge in [-0.1, -0.05) is 25.3 Å². The van der Waals surface area contributed by atoms with Gasteiger partial charge in [-0.05, 0) is 19.3 Å². The van der Waals surface area contributed by atoms with Crippen molar-refractivity contribution < 1.29 is 14.7 Å². The normalized spacial score (nSPS) is 10.4. The van der Waals surface area contributed by atoms with E-state index in [4.69, 9.17) is 5.11 Å². The van der Waals surface area contributed by atoms with Crippen molar-refractivity contribution in [1.82, 2.24) is 5.32 Å². The van der Waals surface area contributed by atoms with Gasteiger partial charge in [0, 0.05) is 18.7 Å². The van der Waals surface area contributed by atoms with Crippen LogP contribution < -0.4 is 5.32 Å². The second-order valence-electron chi connectivity index (χ2n) is 3.81. The van der Waals surface area contributed by atoms with Gasteiger partial charge in [0.05, 0.1) is 0 Å². The molecule has 0 unspecified atom stereocenters. The van der Waals surface area contributed by atoms with Crippen molar-refractivity contribution >= 4 is 11.9 Å². The minimum atomic E-state index is -1.11. The van der Waals surface area contributed by atoms with Crippen LogP contribution in [0, 0.1) is 0 Å². The Morgan fingerprint density at radius 2 is 1.71 bits per heavy atom. The summed E-state index contributed by atoms with van der Waals surface area (Å²) in [6.45, 7) is 4.26. The fourth-order valence-electron chi connectivity index (χ4n) is 1.36. The van der Waals surface area contributed by atoms with Crippen LogP contribution in [0.15, 0.2) is 24.8 Å². The average Bonchev–Trinajstić information content (AvgIpc) is 2.30. The number of carbonyl (C=O) groups excluding carboxylic acids is 1. The number of hydrogen-bond acceptors (Lipinski definition) is 2. The van der Waals surface area contributed by atoms with E-state index in [0.717, 1.165) is 37.8 Å².